The number of carbonyl (C=O) groups is 1. The Hall–Kier alpha value is -0.370. The maximum Gasteiger partial charge on any atom is 0.148 e. The van der Waals surface area contributed by atoms with Crippen LogP contribution in [0.4, 0.5) is 0 Å². The van der Waals surface area contributed by atoms with Crippen molar-refractivity contribution in [3.63, 3.8) is 0 Å². The van der Waals surface area contributed by atoms with Gasteiger partial charge in [-0.25, -0.2) is 0 Å². The normalized spacial score (nSPS) is 35.1. The lowest BCUT2D eigenvalue weighted by molar-refractivity contribution is -0.117. The molecule has 0 amide bonds. The lowest BCUT2D eigenvalue weighted by atomic mass is 9.80. The Balaban J connectivity index is 1.81. The first kappa shape index (κ1) is 10.2. The second-order valence-corrected chi connectivity index (χ2v) is 5.05. The summed E-state index contributed by atoms with van der Waals surface area (Å²) in [5, 5.41) is 0. The van der Waals surface area contributed by atoms with Crippen LogP contribution in [0.3, 0.4) is 0 Å². The number of nitrogens with zero attached hydrogens (tertiary/aromatic N) is 1. The average Bonchev–Trinajstić information content (AvgIpc) is 2.56. The summed E-state index contributed by atoms with van der Waals surface area (Å²) in [7, 11) is 0. The molecule has 2 atom stereocenters. The van der Waals surface area contributed by atoms with Crippen molar-refractivity contribution < 1.29 is 4.79 Å². The predicted molar refractivity (Wildman–Crippen MR) is 57.2 cm³/mol. The predicted octanol–water partition coefficient (Wildman–Crippen LogP) is 2.09. The summed E-state index contributed by atoms with van der Waals surface area (Å²) in [4.78, 5) is 13.5. The quantitative estimate of drug-likeness (QED) is 0.672. The molecule has 0 N–H and O–H groups in total. The van der Waals surface area contributed by atoms with Crippen LogP contribution in [0.15, 0.2) is 0 Å². The first-order valence-electron chi connectivity index (χ1n) is 6.00. The van der Waals surface area contributed by atoms with Gasteiger partial charge in [-0.3, -0.25) is 9.69 Å². The second kappa shape index (κ2) is 4.43. The average molecular weight is 195 g/mol. The molecule has 1 heterocycles. The highest BCUT2D eigenvalue weighted by molar-refractivity contribution is 5.82. The van der Waals surface area contributed by atoms with Crippen molar-refractivity contribution in [3.05, 3.63) is 0 Å². The van der Waals surface area contributed by atoms with E-state index in [2.05, 4.69) is 11.8 Å². The summed E-state index contributed by atoms with van der Waals surface area (Å²) in [5.41, 5.74) is 0. The van der Waals surface area contributed by atoms with Crippen molar-refractivity contribution in [2.24, 2.45) is 11.8 Å². The molecule has 1 saturated carbocycles. The molecule has 0 radical (unpaired) electrons. The number of ketones is 1. The smallest absolute Gasteiger partial charge is 0.148 e. The molecule has 1 saturated heterocycles. The molecule has 2 unspecified atom stereocenters. The molecule has 2 fully saturated rings. The van der Waals surface area contributed by atoms with Gasteiger partial charge in [0.1, 0.15) is 5.78 Å². The van der Waals surface area contributed by atoms with Crippen LogP contribution in [0.2, 0.25) is 0 Å². The van der Waals surface area contributed by atoms with Gasteiger partial charge in [-0.1, -0.05) is 26.2 Å². The van der Waals surface area contributed by atoms with Crippen LogP contribution in [-0.2, 0) is 4.79 Å². The molecule has 1 aliphatic carbocycles. The monoisotopic (exact) mass is 195 g/mol. The van der Waals surface area contributed by atoms with Gasteiger partial charge in [0.2, 0.25) is 0 Å². The topological polar surface area (TPSA) is 20.3 Å². The van der Waals surface area contributed by atoms with Gasteiger partial charge in [-0.2, -0.15) is 0 Å². The van der Waals surface area contributed by atoms with Crippen molar-refractivity contribution >= 4 is 5.78 Å². The Bertz CT molecular complexity index is 214. The molecule has 2 nitrogen and oxygen atoms in total. The van der Waals surface area contributed by atoms with Crippen molar-refractivity contribution in [1.82, 2.24) is 4.90 Å². The van der Waals surface area contributed by atoms with E-state index in [0.29, 0.717) is 5.78 Å². The standard InChI is InChI=1S/C12H21NO/c1-10-4-2-3-5-11(10)8-13-7-6-12(14)9-13/h10-11H,2-9H2,1H3. The summed E-state index contributed by atoms with van der Waals surface area (Å²) in [6.07, 6.45) is 6.38. The number of hydrogen-bond acceptors (Lipinski definition) is 2. The molecular weight excluding hydrogens is 174 g/mol. The van der Waals surface area contributed by atoms with Gasteiger partial charge in [0.15, 0.2) is 0 Å². The van der Waals surface area contributed by atoms with Crippen LogP contribution in [0.5, 0.6) is 0 Å². The minimum Gasteiger partial charge on any atom is -0.298 e. The van der Waals surface area contributed by atoms with Crippen LogP contribution in [0.25, 0.3) is 0 Å². The van der Waals surface area contributed by atoms with Gasteiger partial charge >= 0.3 is 0 Å². The zero-order valence-electron chi connectivity index (χ0n) is 9.17. The van der Waals surface area contributed by atoms with E-state index in [4.69, 9.17) is 0 Å². The maximum absolute atomic E-state index is 11.1. The first-order chi connectivity index (χ1) is 6.75. The maximum atomic E-state index is 11.1. The second-order valence-electron chi connectivity index (χ2n) is 5.05. The Kier molecular flexibility index (Phi) is 3.22. The Labute approximate surface area is 86.7 Å². The molecule has 2 heteroatoms. The Morgan fingerprint density at radius 2 is 2.14 bits per heavy atom. The zero-order valence-corrected chi connectivity index (χ0v) is 9.17. The highest BCUT2D eigenvalue weighted by Gasteiger charge is 2.26. The van der Waals surface area contributed by atoms with Crippen molar-refractivity contribution in [2.75, 3.05) is 19.6 Å². The number of hydrogen-bond donors (Lipinski definition) is 0. The van der Waals surface area contributed by atoms with Crippen molar-refractivity contribution in [3.8, 4) is 0 Å². The molecule has 0 spiro atoms. The van der Waals surface area contributed by atoms with E-state index in [1.165, 1.54) is 32.2 Å². The molecule has 2 rings (SSSR count). The van der Waals surface area contributed by atoms with Crippen molar-refractivity contribution in [1.29, 1.82) is 0 Å². The van der Waals surface area contributed by atoms with Gasteiger partial charge in [-0.05, 0) is 18.3 Å². The van der Waals surface area contributed by atoms with Gasteiger partial charge in [0.05, 0.1) is 6.54 Å². The fourth-order valence-corrected chi connectivity index (χ4v) is 2.84. The zero-order chi connectivity index (χ0) is 9.97. The Morgan fingerprint density at radius 3 is 2.79 bits per heavy atom. The lowest BCUT2D eigenvalue weighted by Gasteiger charge is -2.31. The fraction of sp³-hybridized carbons (Fsp3) is 0.917. The molecular formula is C12H21NO. The van der Waals surface area contributed by atoms with E-state index in [9.17, 15) is 4.79 Å². The molecule has 0 aromatic heterocycles. The molecule has 2 aliphatic rings. The summed E-state index contributed by atoms with van der Waals surface area (Å²) in [6.45, 7) is 5.29. The third-order valence-electron chi connectivity index (χ3n) is 3.89. The van der Waals surface area contributed by atoms with Crippen LogP contribution in [0, 0.1) is 11.8 Å². The lowest BCUT2D eigenvalue weighted by Crippen LogP contribution is -2.32. The van der Waals surface area contributed by atoms with Gasteiger partial charge in [0.25, 0.3) is 0 Å². The molecule has 14 heavy (non-hydrogen) atoms. The van der Waals surface area contributed by atoms with E-state index in [0.717, 1.165) is 31.3 Å². The molecule has 0 aromatic carbocycles. The molecule has 0 bridgehead atoms. The van der Waals surface area contributed by atoms with Gasteiger partial charge in [-0.15, -0.1) is 0 Å². The molecule has 0 aromatic rings. The first-order valence-corrected chi connectivity index (χ1v) is 6.00. The van der Waals surface area contributed by atoms with E-state index >= 15 is 0 Å². The molecule has 80 valence electrons. The number of likely N-dealkylation sites (tertiary alicyclic amines) is 1. The van der Waals surface area contributed by atoms with Crippen LogP contribution < -0.4 is 0 Å². The number of rotatable bonds is 2. The van der Waals surface area contributed by atoms with E-state index in [1.54, 1.807) is 0 Å². The van der Waals surface area contributed by atoms with Crippen LogP contribution >= 0.6 is 0 Å². The third-order valence-corrected chi connectivity index (χ3v) is 3.89. The minimum absolute atomic E-state index is 0.438. The van der Waals surface area contributed by atoms with Crippen LogP contribution in [0.1, 0.15) is 39.0 Å². The van der Waals surface area contributed by atoms with E-state index in [-0.39, 0.29) is 0 Å². The van der Waals surface area contributed by atoms with Gasteiger partial charge < -0.3 is 0 Å². The highest BCUT2D eigenvalue weighted by atomic mass is 16.1. The summed E-state index contributed by atoms with van der Waals surface area (Å²) in [5.74, 6) is 2.17. The van der Waals surface area contributed by atoms with E-state index in [1.807, 2.05) is 0 Å². The largest absolute Gasteiger partial charge is 0.298 e. The number of carbonyl (C=O) groups excluding carboxylic acids is 1. The SMILES string of the molecule is CC1CCCCC1CN1CCC(=O)C1. The number of Topliss-reactive ketones (excluding diaryl/α,β-unsaturated/α-hetero) is 1. The highest BCUT2D eigenvalue weighted by Crippen LogP contribution is 2.30. The molecule has 1 aliphatic heterocycles. The fourth-order valence-electron chi connectivity index (χ4n) is 2.84. The van der Waals surface area contributed by atoms with Gasteiger partial charge in [0, 0.05) is 19.5 Å². The minimum atomic E-state index is 0.438. The summed E-state index contributed by atoms with van der Waals surface area (Å²) < 4.78 is 0. The summed E-state index contributed by atoms with van der Waals surface area (Å²) in [6, 6.07) is 0. The van der Waals surface area contributed by atoms with Crippen LogP contribution in [-0.4, -0.2) is 30.3 Å². The van der Waals surface area contributed by atoms with Crippen molar-refractivity contribution in [2.45, 2.75) is 39.0 Å². The summed E-state index contributed by atoms with van der Waals surface area (Å²) >= 11 is 0. The Morgan fingerprint density at radius 1 is 1.36 bits per heavy atom. The third kappa shape index (κ3) is 2.35. The van der Waals surface area contributed by atoms with E-state index < -0.39 is 0 Å².